The van der Waals surface area contributed by atoms with Crippen LogP contribution in [-0.2, 0) is 22.1 Å². The zero-order valence-electron chi connectivity index (χ0n) is 20.0. The fourth-order valence-electron chi connectivity index (χ4n) is 3.44. The highest BCUT2D eigenvalue weighted by atomic mass is 35.5. The van der Waals surface area contributed by atoms with Crippen LogP contribution in [0.2, 0.25) is 5.02 Å². The summed E-state index contributed by atoms with van der Waals surface area (Å²) >= 11 is 6.02. The van der Waals surface area contributed by atoms with Crippen molar-refractivity contribution in [2.75, 3.05) is 6.54 Å². The molecule has 0 saturated heterocycles. The van der Waals surface area contributed by atoms with Gasteiger partial charge >= 0.3 is 6.03 Å². The molecule has 2 amide bonds. The van der Waals surface area contributed by atoms with Crippen LogP contribution in [0.5, 0.6) is 0 Å². The minimum absolute atomic E-state index is 0.00296. The van der Waals surface area contributed by atoms with E-state index in [0.29, 0.717) is 22.8 Å². The third-order valence-electron chi connectivity index (χ3n) is 4.59. The van der Waals surface area contributed by atoms with Gasteiger partial charge < -0.3 is 14.8 Å². The summed E-state index contributed by atoms with van der Waals surface area (Å²) in [5.74, 6) is 0.0545. The number of nitrogens with one attached hydrogen (secondary N) is 1. The van der Waals surface area contributed by atoms with Crippen molar-refractivity contribution in [2.45, 2.75) is 77.5 Å². The maximum Gasteiger partial charge on any atom is 0.318 e. The molecule has 0 spiro atoms. The van der Waals surface area contributed by atoms with E-state index in [9.17, 15) is 13.2 Å². The van der Waals surface area contributed by atoms with Gasteiger partial charge in [0.05, 0.1) is 24.2 Å². The number of rotatable bonds is 8. The van der Waals surface area contributed by atoms with E-state index in [-0.39, 0.29) is 41.0 Å². The molecule has 1 aromatic carbocycles. The Morgan fingerprint density at radius 3 is 2.41 bits per heavy atom. The lowest BCUT2D eigenvalue weighted by Crippen LogP contribution is -2.49. The fraction of sp³-hybridized carbons (Fsp3) is 0.565. The zero-order valence-corrected chi connectivity index (χ0v) is 21.6. The normalized spacial score (nSPS) is 12.4. The molecule has 0 saturated carbocycles. The molecule has 1 heterocycles. The smallest absolute Gasteiger partial charge is 0.318 e. The van der Waals surface area contributed by atoms with Crippen LogP contribution in [0.1, 0.15) is 65.8 Å². The van der Waals surface area contributed by atoms with Gasteiger partial charge in [0.2, 0.25) is 15.0 Å². The van der Waals surface area contributed by atoms with E-state index in [4.69, 9.17) is 11.6 Å². The molecule has 1 aromatic heterocycles. The third kappa shape index (κ3) is 7.24. The van der Waals surface area contributed by atoms with Crippen LogP contribution >= 0.6 is 11.6 Å². The zero-order chi connectivity index (χ0) is 24.3. The second kappa shape index (κ2) is 10.3. The first kappa shape index (κ1) is 26.2. The van der Waals surface area contributed by atoms with E-state index in [1.165, 1.54) is 0 Å². The molecule has 178 valence electrons. The molecular weight excluding hydrogens is 448 g/mol. The van der Waals surface area contributed by atoms with E-state index < -0.39 is 9.84 Å². The molecule has 0 aliphatic heterocycles. The van der Waals surface area contributed by atoms with Gasteiger partial charge in [-0.05, 0) is 58.2 Å². The van der Waals surface area contributed by atoms with Crippen LogP contribution in [0, 0.1) is 5.92 Å². The Labute approximate surface area is 197 Å². The number of nitrogens with zero attached hydrogens (tertiary/aromatic N) is 3. The number of carbonyl (C=O) groups excluding carboxylic acids is 1. The maximum absolute atomic E-state index is 13.2. The Kier molecular flexibility index (Phi) is 8.39. The van der Waals surface area contributed by atoms with Crippen LogP contribution in [0.3, 0.4) is 0 Å². The van der Waals surface area contributed by atoms with Crippen molar-refractivity contribution in [1.82, 2.24) is 19.8 Å². The molecule has 7 nitrogen and oxygen atoms in total. The van der Waals surface area contributed by atoms with E-state index >= 15 is 0 Å². The predicted octanol–water partition coefficient (Wildman–Crippen LogP) is 5.06. The molecule has 9 heteroatoms. The van der Waals surface area contributed by atoms with Crippen molar-refractivity contribution in [3.63, 3.8) is 0 Å². The third-order valence-corrected chi connectivity index (χ3v) is 6.39. The average molecular weight is 483 g/mol. The van der Waals surface area contributed by atoms with Crippen molar-refractivity contribution in [3.8, 4) is 0 Å². The molecule has 0 aliphatic carbocycles. The number of hydrogen-bond acceptors (Lipinski definition) is 4. The van der Waals surface area contributed by atoms with Gasteiger partial charge in [0.1, 0.15) is 0 Å². The summed E-state index contributed by atoms with van der Waals surface area (Å²) in [6.07, 6.45) is 1.56. The number of halogens is 1. The van der Waals surface area contributed by atoms with Crippen molar-refractivity contribution in [3.05, 3.63) is 46.7 Å². The number of amides is 2. The second-order valence-corrected chi connectivity index (χ2v) is 12.2. The summed E-state index contributed by atoms with van der Waals surface area (Å²) in [4.78, 5) is 18.9. The van der Waals surface area contributed by atoms with Crippen molar-refractivity contribution in [1.29, 1.82) is 0 Å². The van der Waals surface area contributed by atoms with E-state index in [1.54, 1.807) is 39.9 Å². The molecule has 0 fully saturated rings. The molecule has 2 aromatic rings. The Hall–Kier alpha value is -2.06. The van der Waals surface area contributed by atoms with E-state index in [0.717, 1.165) is 0 Å². The molecule has 0 bridgehead atoms. The van der Waals surface area contributed by atoms with Crippen LogP contribution < -0.4 is 5.32 Å². The SMILES string of the molecule is CC(C)CN(Cc1cnc(S(=O)(=O)Cc2cccc(Cl)c2)n1C(C)C)C(=O)NC(C)(C)C. The quantitative estimate of drug-likeness (QED) is 0.570. The van der Waals surface area contributed by atoms with Crippen molar-refractivity contribution in [2.24, 2.45) is 5.92 Å². The lowest BCUT2D eigenvalue weighted by molar-refractivity contribution is 0.177. The van der Waals surface area contributed by atoms with E-state index in [1.807, 2.05) is 48.5 Å². The van der Waals surface area contributed by atoms with Gasteiger partial charge in [0, 0.05) is 23.1 Å². The van der Waals surface area contributed by atoms with Gasteiger partial charge in [-0.3, -0.25) is 0 Å². The van der Waals surface area contributed by atoms with Crippen LogP contribution in [0.4, 0.5) is 4.79 Å². The Morgan fingerprint density at radius 2 is 1.88 bits per heavy atom. The van der Waals surface area contributed by atoms with Crippen molar-refractivity contribution < 1.29 is 13.2 Å². The summed E-state index contributed by atoms with van der Waals surface area (Å²) in [5, 5.41) is 3.48. The van der Waals surface area contributed by atoms with Gasteiger partial charge in [0.25, 0.3) is 0 Å². The number of aromatic nitrogens is 2. The van der Waals surface area contributed by atoms with Gasteiger partial charge in [-0.1, -0.05) is 37.6 Å². The molecule has 32 heavy (non-hydrogen) atoms. The number of carbonyl (C=O) groups is 1. The van der Waals surface area contributed by atoms with Gasteiger partial charge in [-0.2, -0.15) is 0 Å². The number of imidazole rings is 1. The van der Waals surface area contributed by atoms with Gasteiger partial charge in [-0.15, -0.1) is 0 Å². The molecule has 0 unspecified atom stereocenters. The monoisotopic (exact) mass is 482 g/mol. The first-order chi connectivity index (χ1) is 14.7. The lowest BCUT2D eigenvalue weighted by atomic mass is 10.1. The summed E-state index contributed by atoms with van der Waals surface area (Å²) in [6.45, 7) is 14.5. The molecule has 0 atom stereocenters. The number of urea groups is 1. The Bertz CT molecular complexity index is 1040. The van der Waals surface area contributed by atoms with Gasteiger partial charge in [-0.25, -0.2) is 18.2 Å². The summed E-state index contributed by atoms with van der Waals surface area (Å²) < 4.78 is 28.1. The minimum Gasteiger partial charge on any atom is -0.333 e. The number of sulfone groups is 1. The first-order valence-corrected chi connectivity index (χ1v) is 12.8. The number of hydrogen-bond donors (Lipinski definition) is 1. The highest BCUT2D eigenvalue weighted by Crippen LogP contribution is 2.24. The highest BCUT2D eigenvalue weighted by molar-refractivity contribution is 7.90. The minimum atomic E-state index is -3.72. The standard InChI is InChI=1S/C23H35ClN4O3S/c1-16(2)13-27(21(29)26-23(5,6)7)14-20-12-25-22(28(20)17(3)4)32(30,31)15-18-9-8-10-19(24)11-18/h8-12,16-17H,13-15H2,1-7H3,(H,26,29). The van der Waals surface area contributed by atoms with E-state index in [2.05, 4.69) is 10.3 Å². The fourth-order valence-corrected chi connectivity index (χ4v) is 5.24. The summed E-state index contributed by atoms with van der Waals surface area (Å²) in [6, 6.07) is 6.47. The van der Waals surface area contributed by atoms with Crippen molar-refractivity contribution >= 4 is 27.5 Å². The summed E-state index contributed by atoms with van der Waals surface area (Å²) in [5.41, 5.74) is 0.897. The van der Waals surface area contributed by atoms with Crippen LogP contribution in [0.25, 0.3) is 0 Å². The largest absolute Gasteiger partial charge is 0.333 e. The first-order valence-electron chi connectivity index (χ1n) is 10.8. The van der Waals surface area contributed by atoms with Crippen LogP contribution in [0.15, 0.2) is 35.6 Å². The summed E-state index contributed by atoms with van der Waals surface area (Å²) in [7, 11) is -3.72. The Balaban J connectivity index is 2.39. The second-order valence-electron chi connectivity index (χ2n) is 9.84. The predicted molar refractivity (Wildman–Crippen MR) is 128 cm³/mol. The van der Waals surface area contributed by atoms with Crippen LogP contribution in [-0.4, -0.2) is 41.0 Å². The molecule has 2 rings (SSSR count). The topological polar surface area (TPSA) is 84.3 Å². The molecular formula is C23H35ClN4O3S. The molecule has 1 N–H and O–H groups in total. The maximum atomic E-state index is 13.2. The lowest BCUT2D eigenvalue weighted by Gasteiger charge is -2.30. The highest BCUT2D eigenvalue weighted by Gasteiger charge is 2.28. The number of benzene rings is 1. The molecule has 0 aliphatic rings. The Morgan fingerprint density at radius 1 is 1.22 bits per heavy atom. The average Bonchev–Trinajstić information content (AvgIpc) is 3.04. The molecule has 0 radical (unpaired) electrons. The van der Waals surface area contributed by atoms with Gasteiger partial charge in [0.15, 0.2) is 0 Å².